The fourth-order valence-electron chi connectivity index (χ4n) is 3.99. The van der Waals surface area contributed by atoms with Crippen LogP contribution in [0.3, 0.4) is 0 Å². The van der Waals surface area contributed by atoms with Crippen molar-refractivity contribution in [2.45, 2.75) is 50.4 Å². The summed E-state index contributed by atoms with van der Waals surface area (Å²) in [6.07, 6.45) is -0.992. The van der Waals surface area contributed by atoms with E-state index >= 15 is 0 Å². The van der Waals surface area contributed by atoms with E-state index in [0.717, 1.165) is 6.20 Å². The zero-order valence-electron chi connectivity index (χ0n) is 22.3. The normalized spacial score (nSPS) is 16.8. The smallest absolute Gasteiger partial charge is 0.422 e. The monoisotopic (exact) mass is 621 g/mol. The summed E-state index contributed by atoms with van der Waals surface area (Å²) in [6.45, 7) is 3.21. The number of nitrogens with zero attached hydrogens (tertiary/aromatic N) is 6. The highest BCUT2D eigenvalue weighted by atomic mass is 35.5. The van der Waals surface area contributed by atoms with E-state index in [9.17, 15) is 21.6 Å². The third kappa shape index (κ3) is 7.14. The Hall–Kier alpha value is -3.28. The van der Waals surface area contributed by atoms with Crippen LogP contribution in [0.15, 0.2) is 24.8 Å². The van der Waals surface area contributed by atoms with Gasteiger partial charge in [0.15, 0.2) is 29.8 Å². The van der Waals surface area contributed by atoms with Gasteiger partial charge in [-0.1, -0.05) is 11.6 Å². The Labute approximate surface area is 238 Å². The number of sulfonamides is 1. The molecule has 4 rings (SSSR count). The Morgan fingerprint density at radius 1 is 1.17 bits per heavy atom. The van der Waals surface area contributed by atoms with Gasteiger partial charge in [0.05, 0.1) is 35.5 Å². The molecule has 224 valence electrons. The van der Waals surface area contributed by atoms with Gasteiger partial charge in [-0.3, -0.25) is 14.3 Å². The number of anilines is 1. The number of hydrogen-bond acceptors (Lipinski definition) is 11. The Morgan fingerprint density at radius 3 is 2.51 bits per heavy atom. The van der Waals surface area contributed by atoms with Crippen LogP contribution < -0.4 is 14.2 Å². The number of hydrogen-bond donors (Lipinski definition) is 1. The van der Waals surface area contributed by atoms with Crippen molar-refractivity contribution in [1.29, 1.82) is 0 Å². The third-order valence-corrected chi connectivity index (χ3v) is 7.69. The number of aromatic nitrogens is 6. The summed E-state index contributed by atoms with van der Waals surface area (Å²) >= 11 is 5.89. The molecule has 1 aliphatic rings. The van der Waals surface area contributed by atoms with Crippen LogP contribution in [0.1, 0.15) is 38.7 Å². The maximum atomic E-state index is 13.6. The molecule has 0 aromatic carbocycles. The van der Waals surface area contributed by atoms with Crippen LogP contribution in [-0.2, 0) is 19.5 Å². The summed E-state index contributed by atoms with van der Waals surface area (Å²) in [6, 6.07) is -0.691. The van der Waals surface area contributed by atoms with Crippen molar-refractivity contribution in [3.05, 3.63) is 35.6 Å². The second-order valence-electron chi connectivity index (χ2n) is 9.27. The molecule has 3 atom stereocenters. The molecule has 18 heteroatoms. The Balaban J connectivity index is 1.71. The van der Waals surface area contributed by atoms with Gasteiger partial charge in [0.25, 0.3) is 0 Å². The fourth-order valence-corrected chi connectivity index (χ4v) is 5.17. The standard InChI is InChI=1S/C23H27ClF3N7O6S/c1-12(2)40-18(20-29-5-14(24)6-30-20)13(3)41(35,36)33-22-32-31-21-16-7-28-8-17(39-11-23(25,26)27)19(16)38-10-15(9-37-4)34(21)22/h5-8,12-13,15,18H,9-11H2,1-4H3,(H,32,33)/t13-,15+,18+/m0/s1. The maximum absolute atomic E-state index is 13.6. The van der Waals surface area contributed by atoms with Gasteiger partial charge in [0, 0.05) is 25.7 Å². The van der Waals surface area contributed by atoms with Gasteiger partial charge in [-0.05, 0) is 20.8 Å². The van der Waals surface area contributed by atoms with Crippen molar-refractivity contribution in [3.63, 3.8) is 0 Å². The number of fused-ring (bicyclic) bond motifs is 3. The first kappa shape index (κ1) is 30.7. The van der Waals surface area contributed by atoms with E-state index in [1.807, 2.05) is 0 Å². The molecule has 0 aliphatic carbocycles. The van der Waals surface area contributed by atoms with E-state index in [4.69, 9.17) is 30.5 Å². The average molecular weight is 622 g/mol. The molecule has 0 saturated carbocycles. The predicted molar refractivity (Wildman–Crippen MR) is 139 cm³/mol. The van der Waals surface area contributed by atoms with Gasteiger partial charge in [0.2, 0.25) is 16.0 Å². The van der Waals surface area contributed by atoms with Crippen LogP contribution in [0.4, 0.5) is 19.1 Å². The summed E-state index contributed by atoms with van der Waals surface area (Å²) in [5, 5.41) is 7.18. The quantitative estimate of drug-likeness (QED) is 0.334. The van der Waals surface area contributed by atoms with E-state index in [1.165, 1.54) is 37.2 Å². The van der Waals surface area contributed by atoms with Gasteiger partial charge in [-0.2, -0.15) is 13.2 Å². The molecule has 3 aromatic rings. The summed E-state index contributed by atoms with van der Waals surface area (Å²) in [5.74, 6) is -0.319. The Bertz CT molecular complexity index is 1460. The number of alkyl halides is 3. The predicted octanol–water partition coefficient (Wildman–Crippen LogP) is 3.60. The minimum Gasteiger partial charge on any atom is -0.487 e. The van der Waals surface area contributed by atoms with Gasteiger partial charge in [-0.25, -0.2) is 18.4 Å². The van der Waals surface area contributed by atoms with Crippen molar-refractivity contribution < 1.29 is 40.5 Å². The van der Waals surface area contributed by atoms with Crippen LogP contribution in [-0.4, -0.2) is 82.6 Å². The van der Waals surface area contributed by atoms with Crippen molar-refractivity contribution in [2.24, 2.45) is 0 Å². The van der Waals surface area contributed by atoms with Crippen molar-refractivity contribution in [1.82, 2.24) is 29.7 Å². The summed E-state index contributed by atoms with van der Waals surface area (Å²) in [4.78, 5) is 12.2. The van der Waals surface area contributed by atoms with Crippen LogP contribution in [0.5, 0.6) is 11.5 Å². The molecule has 41 heavy (non-hydrogen) atoms. The van der Waals surface area contributed by atoms with Crippen LogP contribution in [0, 0.1) is 0 Å². The zero-order valence-corrected chi connectivity index (χ0v) is 23.9. The molecule has 13 nitrogen and oxygen atoms in total. The lowest BCUT2D eigenvalue weighted by molar-refractivity contribution is -0.153. The highest BCUT2D eigenvalue weighted by Crippen LogP contribution is 2.42. The second-order valence-corrected chi connectivity index (χ2v) is 11.7. The lowest BCUT2D eigenvalue weighted by atomic mass is 10.2. The molecule has 0 saturated heterocycles. The lowest BCUT2D eigenvalue weighted by Crippen LogP contribution is -2.35. The summed E-state index contributed by atoms with van der Waals surface area (Å²) in [5.41, 5.74) is 0.143. The minimum atomic E-state index is -4.59. The molecule has 1 aliphatic heterocycles. The van der Waals surface area contributed by atoms with Gasteiger partial charge >= 0.3 is 6.18 Å². The average Bonchev–Trinajstić information content (AvgIpc) is 3.23. The fraction of sp³-hybridized carbons (Fsp3) is 0.522. The van der Waals surface area contributed by atoms with Gasteiger partial charge in [-0.15, -0.1) is 10.2 Å². The molecule has 4 heterocycles. The maximum Gasteiger partial charge on any atom is 0.422 e. The van der Waals surface area contributed by atoms with Gasteiger partial charge < -0.3 is 18.9 Å². The van der Waals surface area contributed by atoms with Gasteiger partial charge in [0.1, 0.15) is 18.0 Å². The number of methoxy groups -OCH3 is 1. The van der Waals surface area contributed by atoms with E-state index in [0.29, 0.717) is 0 Å². The van der Waals surface area contributed by atoms with Crippen LogP contribution >= 0.6 is 11.6 Å². The molecule has 0 spiro atoms. The highest BCUT2D eigenvalue weighted by molar-refractivity contribution is 7.93. The molecule has 0 fully saturated rings. The first-order valence-electron chi connectivity index (χ1n) is 12.2. The number of ether oxygens (including phenoxy) is 4. The summed E-state index contributed by atoms with van der Waals surface area (Å²) in [7, 11) is -2.81. The number of nitrogens with one attached hydrogen (secondary N) is 1. The van der Waals surface area contributed by atoms with E-state index < -0.39 is 40.2 Å². The number of halogens is 4. The number of pyridine rings is 1. The first-order chi connectivity index (χ1) is 19.3. The van der Waals surface area contributed by atoms with Crippen LogP contribution in [0.2, 0.25) is 5.02 Å². The molecule has 0 unspecified atom stereocenters. The van der Waals surface area contributed by atoms with Crippen molar-refractivity contribution in [2.75, 3.05) is 31.7 Å². The Morgan fingerprint density at radius 2 is 1.88 bits per heavy atom. The molecule has 0 bridgehead atoms. The largest absolute Gasteiger partial charge is 0.487 e. The topological polar surface area (TPSA) is 152 Å². The van der Waals surface area contributed by atoms with Crippen molar-refractivity contribution in [3.8, 4) is 22.9 Å². The SMILES string of the molecule is COC[C@@H]1COc2c(OCC(F)(F)F)cncc2-c2nnc(NS(=O)(=O)[C@@H](C)[C@@H](OC(C)C)c3ncc(Cl)cn3)n21. The highest BCUT2D eigenvalue weighted by Gasteiger charge is 2.37. The molecule has 0 radical (unpaired) electrons. The second kappa shape index (κ2) is 12.3. The molecular weight excluding hydrogens is 595 g/mol. The molecular formula is C23H27ClF3N7O6S. The van der Waals surface area contributed by atoms with E-state index in [-0.39, 0.29) is 59.0 Å². The van der Waals surface area contributed by atoms with Crippen molar-refractivity contribution >= 4 is 27.6 Å². The van der Waals surface area contributed by atoms with E-state index in [2.05, 4.69) is 29.9 Å². The van der Waals surface area contributed by atoms with E-state index in [1.54, 1.807) is 13.8 Å². The first-order valence-corrected chi connectivity index (χ1v) is 14.1. The molecule has 3 aromatic heterocycles. The number of rotatable bonds is 11. The zero-order chi connectivity index (χ0) is 29.9. The molecule has 1 N–H and O–H groups in total. The minimum absolute atomic E-state index is 0.0210. The lowest BCUT2D eigenvalue weighted by Gasteiger charge is -2.26. The summed E-state index contributed by atoms with van der Waals surface area (Å²) < 4.78 is 91.5. The molecule has 0 amide bonds. The van der Waals surface area contributed by atoms with Crippen LogP contribution in [0.25, 0.3) is 11.4 Å². The Kier molecular flexibility index (Phi) is 9.20. The third-order valence-electron chi connectivity index (χ3n) is 5.80.